The third-order valence-electron chi connectivity index (χ3n) is 9.10. The Morgan fingerprint density at radius 3 is 2.46 bits per heavy atom. The highest BCUT2D eigenvalue weighted by Gasteiger charge is 2.51. The van der Waals surface area contributed by atoms with Gasteiger partial charge in [0.05, 0.1) is 17.1 Å². The first kappa shape index (κ1) is 26.4. The van der Waals surface area contributed by atoms with Crippen molar-refractivity contribution in [1.82, 2.24) is 19.7 Å². The molecular formula is C30H32ClN5O5. The molecular weight excluding hydrogens is 546 g/mol. The van der Waals surface area contributed by atoms with Gasteiger partial charge in [-0.1, -0.05) is 24.8 Å². The van der Waals surface area contributed by atoms with E-state index < -0.39 is 30.4 Å². The van der Waals surface area contributed by atoms with Crippen LogP contribution in [-0.2, 0) is 19.0 Å². The summed E-state index contributed by atoms with van der Waals surface area (Å²) in [4.78, 5) is 33.7. The van der Waals surface area contributed by atoms with Crippen molar-refractivity contribution < 1.29 is 23.8 Å². The van der Waals surface area contributed by atoms with Crippen LogP contribution in [0.2, 0.25) is 5.28 Å². The number of fused-ring (bicyclic) bond motifs is 1. The second-order valence-electron chi connectivity index (χ2n) is 12.1. The topological polar surface area (TPSA) is 117 Å². The maximum atomic E-state index is 12.5. The molecule has 0 unspecified atom stereocenters. The number of nitrogens with one attached hydrogen (secondary N) is 1. The lowest BCUT2D eigenvalue weighted by Gasteiger charge is -2.57. The van der Waals surface area contributed by atoms with Crippen molar-refractivity contribution in [2.75, 3.05) is 11.9 Å². The largest absolute Gasteiger partial charge is 0.459 e. The number of aromatic nitrogens is 4. The monoisotopic (exact) mass is 577 g/mol. The van der Waals surface area contributed by atoms with Crippen molar-refractivity contribution in [2.45, 2.75) is 69.4 Å². The highest BCUT2D eigenvalue weighted by Crippen LogP contribution is 2.56. The number of hydrogen-bond donors (Lipinski definition) is 1. The zero-order chi connectivity index (χ0) is 28.3. The van der Waals surface area contributed by atoms with E-state index in [0.717, 1.165) is 37.0 Å². The van der Waals surface area contributed by atoms with Gasteiger partial charge in [-0.25, -0.2) is 9.48 Å². The van der Waals surface area contributed by atoms with Gasteiger partial charge in [0.25, 0.3) is 0 Å². The Hall–Kier alpha value is -3.50. The van der Waals surface area contributed by atoms with Crippen molar-refractivity contribution in [3.63, 3.8) is 0 Å². The summed E-state index contributed by atoms with van der Waals surface area (Å²) >= 11 is 6.46. The van der Waals surface area contributed by atoms with Crippen LogP contribution in [0.1, 0.15) is 62.0 Å². The zero-order valence-corrected chi connectivity index (χ0v) is 23.5. The highest BCUT2D eigenvalue weighted by molar-refractivity contribution is 6.28. The summed E-state index contributed by atoms with van der Waals surface area (Å²) in [6, 6.07) is 8.69. The van der Waals surface area contributed by atoms with Gasteiger partial charge in [0.15, 0.2) is 18.0 Å². The molecule has 4 saturated carbocycles. The molecule has 0 amide bonds. The van der Waals surface area contributed by atoms with Crippen molar-refractivity contribution in [3.8, 4) is 0 Å². The third-order valence-corrected chi connectivity index (χ3v) is 9.27. The van der Waals surface area contributed by atoms with E-state index >= 15 is 0 Å². The molecule has 11 heteroatoms. The van der Waals surface area contributed by atoms with Crippen molar-refractivity contribution in [1.29, 1.82) is 0 Å². The van der Waals surface area contributed by atoms with Gasteiger partial charge in [-0.2, -0.15) is 15.1 Å². The maximum Gasteiger partial charge on any atom is 0.338 e. The average Bonchev–Trinajstić information content (AvgIpc) is 3.47. The highest BCUT2D eigenvalue weighted by atomic mass is 35.5. The molecule has 4 bridgehead atoms. The van der Waals surface area contributed by atoms with Crippen LogP contribution in [0.4, 0.5) is 5.82 Å². The fraction of sp³-hybridized carbons (Fsp3) is 0.500. The molecule has 3 aromatic rings. The summed E-state index contributed by atoms with van der Waals surface area (Å²) in [6.45, 7) is 5.33. The molecule has 214 valence electrons. The Morgan fingerprint density at radius 2 is 1.80 bits per heavy atom. The van der Waals surface area contributed by atoms with Crippen LogP contribution < -0.4 is 5.32 Å². The number of anilines is 1. The molecule has 5 aliphatic rings. The second kappa shape index (κ2) is 10.1. The Balaban J connectivity index is 1.16. The van der Waals surface area contributed by atoms with Crippen LogP contribution in [0.5, 0.6) is 0 Å². The molecule has 3 heterocycles. The van der Waals surface area contributed by atoms with E-state index in [9.17, 15) is 9.59 Å². The summed E-state index contributed by atoms with van der Waals surface area (Å²) in [7, 11) is 0. The number of halogens is 1. The number of ether oxygens (including phenoxy) is 3. The molecule has 0 radical (unpaired) electrons. The van der Waals surface area contributed by atoms with E-state index in [1.807, 2.05) is 6.07 Å². The smallest absolute Gasteiger partial charge is 0.338 e. The van der Waals surface area contributed by atoms with Crippen LogP contribution in [0.3, 0.4) is 0 Å². The lowest BCUT2D eigenvalue weighted by molar-refractivity contribution is -0.151. The van der Waals surface area contributed by atoms with E-state index in [4.69, 9.17) is 25.8 Å². The Bertz CT molecular complexity index is 1490. The maximum absolute atomic E-state index is 12.5. The minimum Gasteiger partial charge on any atom is -0.459 e. The molecule has 8 rings (SSSR count). The number of esters is 2. The van der Waals surface area contributed by atoms with Gasteiger partial charge < -0.3 is 19.5 Å². The van der Waals surface area contributed by atoms with Gasteiger partial charge >= 0.3 is 11.9 Å². The van der Waals surface area contributed by atoms with E-state index in [2.05, 4.69) is 27.0 Å². The molecule has 1 saturated heterocycles. The minimum absolute atomic E-state index is 0.00755. The van der Waals surface area contributed by atoms with E-state index in [0.29, 0.717) is 28.0 Å². The lowest BCUT2D eigenvalue weighted by Crippen LogP contribution is -2.54. The van der Waals surface area contributed by atoms with Crippen LogP contribution >= 0.6 is 11.6 Å². The van der Waals surface area contributed by atoms with Crippen LogP contribution in [0.25, 0.3) is 11.0 Å². The van der Waals surface area contributed by atoms with Gasteiger partial charge in [-0.15, -0.1) is 0 Å². The quantitative estimate of drug-likeness (QED) is 0.232. The molecule has 1 N–H and O–H groups in total. The molecule has 3 atom stereocenters. The number of hydrogen-bond acceptors (Lipinski definition) is 9. The number of carbonyl (C=O) groups excluding carboxylic acids is 2. The summed E-state index contributed by atoms with van der Waals surface area (Å²) in [5.41, 5.74) is 1.34. The molecule has 2 aromatic heterocycles. The predicted octanol–water partition coefficient (Wildman–Crippen LogP) is 5.10. The fourth-order valence-electron chi connectivity index (χ4n) is 7.84. The number of benzene rings is 1. The van der Waals surface area contributed by atoms with Gasteiger partial charge in [-0.05, 0) is 85.6 Å². The zero-order valence-electron chi connectivity index (χ0n) is 22.8. The summed E-state index contributed by atoms with van der Waals surface area (Å²) in [5.74, 6) is 1.96. The average molecular weight is 578 g/mol. The molecule has 5 fully saturated rings. The van der Waals surface area contributed by atoms with E-state index in [1.54, 1.807) is 35.1 Å². The number of rotatable bonds is 7. The Morgan fingerprint density at radius 1 is 1.12 bits per heavy atom. The van der Waals surface area contributed by atoms with E-state index in [1.165, 1.54) is 26.2 Å². The normalized spacial score (nSPS) is 31.9. The third kappa shape index (κ3) is 4.86. The Kier molecular flexibility index (Phi) is 6.50. The van der Waals surface area contributed by atoms with Crippen molar-refractivity contribution in [3.05, 3.63) is 59.5 Å². The van der Waals surface area contributed by atoms with Crippen LogP contribution in [0, 0.1) is 17.8 Å². The van der Waals surface area contributed by atoms with Crippen molar-refractivity contribution >= 4 is 40.4 Å². The van der Waals surface area contributed by atoms with E-state index in [-0.39, 0.29) is 17.4 Å². The fourth-order valence-corrected chi connectivity index (χ4v) is 8.01. The first-order valence-corrected chi connectivity index (χ1v) is 14.6. The molecule has 10 nitrogen and oxygen atoms in total. The Labute approximate surface area is 242 Å². The standard InChI is InChI=1S/C30H32ClN5O5/c1-16-23(15-39-28(38)21-6-4-3-5-7-21)41-27(24(16)40-17(2)37)36-26-22(14-32-36)25(33-29(31)34-26)35-30-11-18-8-19(12-30)10-20(9-18)13-30/h3-7,14,18-20,23-24,27H,1,8-13,15H2,2H3,(H,33,34,35)/t18?,19?,20?,23-,24-,27-,30?/m1/s1. The van der Waals surface area contributed by atoms with Gasteiger partial charge in [0.2, 0.25) is 5.28 Å². The SMILES string of the molecule is C=C1[C@@H](OC(C)=O)[C@H](n2ncc3c(NC45CC6CC(CC(C6)C4)C5)nc(Cl)nc32)O[C@@H]1COC(=O)c1ccccc1. The summed E-state index contributed by atoms with van der Waals surface area (Å²) < 4.78 is 18.9. The molecule has 1 aromatic carbocycles. The van der Waals surface area contributed by atoms with Crippen LogP contribution in [-0.4, -0.2) is 56.0 Å². The van der Waals surface area contributed by atoms with Crippen LogP contribution in [0.15, 0.2) is 48.7 Å². The minimum atomic E-state index is -0.886. The summed E-state index contributed by atoms with van der Waals surface area (Å²) in [5, 5.41) is 9.18. The van der Waals surface area contributed by atoms with Gasteiger partial charge in [0, 0.05) is 12.5 Å². The van der Waals surface area contributed by atoms with Crippen molar-refractivity contribution in [2.24, 2.45) is 17.8 Å². The van der Waals surface area contributed by atoms with Gasteiger partial charge in [-0.3, -0.25) is 4.79 Å². The van der Waals surface area contributed by atoms with Gasteiger partial charge in [0.1, 0.15) is 18.5 Å². The molecule has 4 aliphatic carbocycles. The molecule has 41 heavy (non-hydrogen) atoms. The molecule has 0 spiro atoms. The summed E-state index contributed by atoms with van der Waals surface area (Å²) in [6.07, 6.45) is 6.63. The predicted molar refractivity (Wildman–Crippen MR) is 150 cm³/mol. The molecule has 1 aliphatic heterocycles. The first-order chi connectivity index (χ1) is 19.8. The number of carbonyl (C=O) groups is 2. The lowest BCUT2D eigenvalue weighted by atomic mass is 9.53. The first-order valence-electron chi connectivity index (χ1n) is 14.2. The number of nitrogens with zero attached hydrogens (tertiary/aromatic N) is 4. The second-order valence-corrected chi connectivity index (χ2v) is 12.4.